The van der Waals surface area contributed by atoms with Gasteiger partial charge in [0.1, 0.15) is 11.5 Å². The molecule has 0 radical (unpaired) electrons. The molecule has 1 rings (SSSR count). The predicted octanol–water partition coefficient (Wildman–Crippen LogP) is 1.32. The molecule has 0 bridgehead atoms. The quantitative estimate of drug-likeness (QED) is 0.679. The fraction of sp³-hybridized carbons (Fsp3) is 0.167. The van der Waals surface area contributed by atoms with Gasteiger partial charge in [-0.05, 0) is 0 Å². The normalized spacial score (nSPS) is 10.7. The van der Waals surface area contributed by atoms with Gasteiger partial charge >= 0.3 is 0 Å². The zero-order valence-electron chi connectivity index (χ0n) is 5.89. The summed E-state index contributed by atoms with van der Waals surface area (Å²) >= 11 is 0. The summed E-state index contributed by atoms with van der Waals surface area (Å²) in [5, 5.41) is 0. The molecule has 0 aliphatic carbocycles. The lowest BCUT2D eigenvalue weighted by Crippen LogP contribution is -2.04. The maximum absolute atomic E-state index is 12.8. The minimum Gasteiger partial charge on any atom is -0.393 e. The number of pyridine rings is 1. The number of anilines is 2. The first-order valence-corrected chi connectivity index (χ1v) is 3.01. The molecule has 6 heteroatoms. The Balaban J connectivity index is 3.27. The van der Waals surface area contributed by atoms with E-state index in [1.54, 1.807) is 0 Å². The zero-order chi connectivity index (χ0) is 9.30. The SMILES string of the molecule is Nc1ncc(C(F)F)c(F)c1N. The Labute approximate surface area is 66.2 Å². The van der Waals surface area contributed by atoms with Gasteiger partial charge in [-0.2, -0.15) is 0 Å². The highest BCUT2D eigenvalue weighted by molar-refractivity contribution is 5.59. The second kappa shape index (κ2) is 2.88. The Kier molecular flexibility index (Phi) is 2.07. The van der Waals surface area contributed by atoms with Crippen molar-refractivity contribution in [1.29, 1.82) is 0 Å². The van der Waals surface area contributed by atoms with Crippen LogP contribution in [0.5, 0.6) is 0 Å². The van der Waals surface area contributed by atoms with E-state index in [1.807, 2.05) is 0 Å². The van der Waals surface area contributed by atoms with E-state index in [1.165, 1.54) is 0 Å². The van der Waals surface area contributed by atoms with Crippen LogP contribution in [-0.4, -0.2) is 4.98 Å². The summed E-state index contributed by atoms with van der Waals surface area (Å²) in [7, 11) is 0. The summed E-state index contributed by atoms with van der Waals surface area (Å²) in [5.74, 6) is -1.48. The number of hydrogen-bond donors (Lipinski definition) is 2. The third kappa shape index (κ3) is 1.27. The van der Waals surface area contributed by atoms with Gasteiger partial charge in [0, 0.05) is 6.20 Å². The van der Waals surface area contributed by atoms with E-state index < -0.39 is 23.5 Å². The van der Waals surface area contributed by atoms with Gasteiger partial charge in [0.05, 0.1) is 5.56 Å². The number of rotatable bonds is 1. The van der Waals surface area contributed by atoms with Crippen molar-refractivity contribution in [2.45, 2.75) is 6.43 Å². The summed E-state index contributed by atoms with van der Waals surface area (Å²) in [4.78, 5) is 3.29. The number of hydrogen-bond acceptors (Lipinski definition) is 3. The monoisotopic (exact) mass is 177 g/mol. The summed E-state index contributed by atoms with van der Waals surface area (Å²) < 4.78 is 36.7. The van der Waals surface area contributed by atoms with Gasteiger partial charge in [0.2, 0.25) is 0 Å². The molecule has 1 aromatic rings. The van der Waals surface area contributed by atoms with Gasteiger partial charge in [-0.15, -0.1) is 0 Å². The van der Waals surface area contributed by atoms with Gasteiger partial charge in [-0.1, -0.05) is 0 Å². The summed E-state index contributed by atoms with van der Waals surface area (Å²) in [6.45, 7) is 0. The van der Waals surface area contributed by atoms with Gasteiger partial charge in [0.25, 0.3) is 6.43 Å². The molecule has 12 heavy (non-hydrogen) atoms. The molecule has 0 spiro atoms. The van der Waals surface area contributed by atoms with E-state index in [0.29, 0.717) is 6.20 Å². The molecule has 4 N–H and O–H groups in total. The Bertz CT molecular complexity index is 300. The fourth-order valence-corrected chi connectivity index (χ4v) is 0.685. The molecule has 0 atom stereocenters. The number of alkyl halides is 2. The van der Waals surface area contributed by atoms with E-state index in [9.17, 15) is 13.2 Å². The highest BCUT2D eigenvalue weighted by Crippen LogP contribution is 2.26. The molecular weight excluding hydrogens is 171 g/mol. The lowest BCUT2D eigenvalue weighted by atomic mass is 10.2. The largest absolute Gasteiger partial charge is 0.393 e. The highest BCUT2D eigenvalue weighted by atomic mass is 19.3. The number of nitrogens with zero attached hydrogens (tertiary/aromatic N) is 1. The third-order valence-electron chi connectivity index (χ3n) is 1.34. The van der Waals surface area contributed by atoms with Crippen molar-refractivity contribution in [3.05, 3.63) is 17.6 Å². The number of halogens is 3. The van der Waals surface area contributed by atoms with Gasteiger partial charge in [-0.25, -0.2) is 18.2 Å². The molecule has 0 amide bonds. The minimum atomic E-state index is -2.93. The number of nitrogens with two attached hydrogens (primary N) is 2. The maximum atomic E-state index is 12.8. The predicted molar refractivity (Wildman–Crippen MR) is 38.0 cm³/mol. The maximum Gasteiger partial charge on any atom is 0.268 e. The molecule has 0 aliphatic heterocycles. The molecule has 0 saturated heterocycles. The Hall–Kier alpha value is -1.46. The van der Waals surface area contributed by atoms with Gasteiger partial charge in [-0.3, -0.25) is 0 Å². The first-order chi connectivity index (χ1) is 5.54. The second-order valence-corrected chi connectivity index (χ2v) is 2.13. The summed E-state index contributed by atoms with van der Waals surface area (Å²) in [5.41, 5.74) is 8.73. The van der Waals surface area contributed by atoms with Crippen LogP contribution in [0.2, 0.25) is 0 Å². The molecule has 1 heterocycles. The van der Waals surface area contributed by atoms with Gasteiger partial charge in [0.15, 0.2) is 5.82 Å². The van der Waals surface area contributed by atoms with Gasteiger partial charge < -0.3 is 11.5 Å². The molecule has 0 unspecified atom stereocenters. The van der Waals surface area contributed by atoms with Crippen molar-refractivity contribution in [3.8, 4) is 0 Å². The van der Waals surface area contributed by atoms with Crippen molar-refractivity contribution in [3.63, 3.8) is 0 Å². The first kappa shape index (κ1) is 8.63. The average molecular weight is 177 g/mol. The van der Waals surface area contributed by atoms with Crippen LogP contribution >= 0.6 is 0 Å². The van der Waals surface area contributed by atoms with Crippen LogP contribution in [0.4, 0.5) is 24.7 Å². The fourth-order valence-electron chi connectivity index (χ4n) is 0.685. The summed E-state index contributed by atoms with van der Waals surface area (Å²) in [6, 6.07) is 0. The number of aromatic nitrogens is 1. The molecule has 1 aromatic heterocycles. The van der Waals surface area contributed by atoms with Crippen LogP contribution in [0.1, 0.15) is 12.0 Å². The molecule has 0 aliphatic rings. The van der Waals surface area contributed by atoms with E-state index in [0.717, 1.165) is 0 Å². The Morgan fingerprint density at radius 1 is 1.33 bits per heavy atom. The van der Waals surface area contributed by atoms with E-state index >= 15 is 0 Å². The van der Waals surface area contributed by atoms with E-state index in [4.69, 9.17) is 11.5 Å². The van der Waals surface area contributed by atoms with Crippen molar-refractivity contribution in [1.82, 2.24) is 4.98 Å². The molecule has 0 saturated carbocycles. The van der Waals surface area contributed by atoms with Crippen LogP contribution in [0.15, 0.2) is 6.20 Å². The smallest absolute Gasteiger partial charge is 0.268 e. The van der Waals surface area contributed by atoms with Crippen LogP contribution in [0.25, 0.3) is 0 Å². The molecule has 66 valence electrons. The standard InChI is InChI=1S/C6H6F3N3/c7-3-2(5(8)9)1-12-6(11)4(3)10/h1,5H,10H2,(H2,11,12). The Morgan fingerprint density at radius 3 is 2.42 bits per heavy atom. The lowest BCUT2D eigenvalue weighted by Gasteiger charge is -2.04. The van der Waals surface area contributed by atoms with Crippen LogP contribution < -0.4 is 11.5 Å². The van der Waals surface area contributed by atoms with Crippen LogP contribution in [0.3, 0.4) is 0 Å². The third-order valence-corrected chi connectivity index (χ3v) is 1.34. The van der Waals surface area contributed by atoms with Crippen LogP contribution in [-0.2, 0) is 0 Å². The molecule has 0 fully saturated rings. The lowest BCUT2D eigenvalue weighted by molar-refractivity contribution is 0.146. The van der Waals surface area contributed by atoms with Crippen molar-refractivity contribution >= 4 is 11.5 Å². The number of nitrogen functional groups attached to an aromatic ring is 2. The average Bonchev–Trinajstić information content (AvgIpc) is 2.00. The van der Waals surface area contributed by atoms with E-state index in [2.05, 4.69) is 4.98 Å². The van der Waals surface area contributed by atoms with Crippen LogP contribution in [0, 0.1) is 5.82 Å². The molecule has 3 nitrogen and oxygen atoms in total. The first-order valence-electron chi connectivity index (χ1n) is 3.01. The molecule has 0 aromatic carbocycles. The van der Waals surface area contributed by atoms with E-state index in [-0.39, 0.29) is 5.82 Å². The molecular formula is C6H6F3N3. The highest BCUT2D eigenvalue weighted by Gasteiger charge is 2.17. The van der Waals surface area contributed by atoms with Crippen molar-refractivity contribution in [2.75, 3.05) is 11.5 Å². The topological polar surface area (TPSA) is 64.9 Å². The Morgan fingerprint density at radius 2 is 1.92 bits per heavy atom. The zero-order valence-corrected chi connectivity index (χ0v) is 5.89. The minimum absolute atomic E-state index is 0.281. The summed E-state index contributed by atoms with van der Waals surface area (Å²) in [6.07, 6.45) is -2.26. The van der Waals surface area contributed by atoms with Crippen molar-refractivity contribution in [2.24, 2.45) is 0 Å². The second-order valence-electron chi connectivity index (χ2n) is 2.13. The van der Waals surface area contributed by atoms with Crippen molar-refractivity contribution < 1.29 is 13.2 Å².